The summed E-state index contributed by atoms with van der Waals surface area (Å²) in [5.74, 6) is -2.74. The van der Waals surface area contributed by atoms with Crippen molar-refractivity contribution in [2.45, 2.75) is 84.5 Å². The van der Waals surface area contributed by atoms with Crippen LogP contribution in [0.5, 0.6) is 17.2 Å². The van der Waals surface area contributed by atoms with Crippen molar-refractivity contribution in [2.75, 3.05) is 0 Å². The molecule has 7 nitrogen and oxygen atoms in total. The number of phenolic OH excluding ortho intramolecular Hbond substituents is 3. The van der Waals surface area contributed by atoms with Crippen molar-refractivity contribution in [3.8, 4) is 17.2 Å². The van der Waals surface area contributed by atoms with Crippen LogP contribution >= 0.6 is 0 Å². The zero-order valence-electron chi connectivity index (χ0n) is 17.9. The first-order chi connectivity index (χ1) is 14.0. The first-order valence-corrected chi connectivity index (χ1v) is 10.7. The van der Waals surface area contributed by atoms with Crippen molar-refractivity contribution in [3.05, 3.63) is 17.2 Å². The SMILES string of the molecule is CC(C)(CCCCc1cc(O)c(O)c(O)c1CCCCCC1(C(=O)O)CC1)C(=O)O. The van der Waals surface area contributed by atoms with Gasteiger partial charge in [0.1, 0.15) is 0 Å². The molecule has 0 unspecified atom stereocenters. The summed E-state index contributed by atoms with van der Waals surface area (Å²) in [6.07, 6.45) is 7.54. The number of carboxylic acids is 2. The maximum Gasteiger partial charge on any atom is 0.309 e. The molecule has 0 spiro atoms. The Morgan fingerprint density at radius 3 is 2.13 bits per heavy atom. The normalized spacial score (nSPS) is 15.1. The minimum Gasteiger partial charge on any atom is -0.504 e. The highest BCUT2D eigenvalue weighted by Crippen LogP contribution is 2.50. The third kappa shape index (κ3) is 5.80. The number of carbonyl (C=O) groups is 2. The van der Waals surface area contributed by atoms with E-state index in [4.69, 9.17) is 0 Å². The zero-order chi connectivity index (χ0) is 22.5. The number of aliphatic carboxylic acids is 2. The molecule has 7 heteroatoms. The molecule has 2 rings (SSSR count). The Bertz CT molecular complexity index is 778. The first kappa shape index (κ1) is 23.8. The predicted octanol–water partition coefficient (Wildman–Crippen LogP) is 4.59. The number of hydrogen-bond donors (Lipinski definition) is 5. The smallest absolute Gasteiger partial charge is 0.309 e. The molecule has 0 saturated heterocycles. The van der Waals surface area contributed by atoms with Crippen molar-refractivity contribution < 1.29 is 35.1 Å². The van der Waals surface area contributed by atoms with E-state index in [2.05, 4.69) is 0 Å². The van der Waals surface area contributed by atoms with Crippen LogP contribution in [0.2, 0.25) is 0 Å². The van der Waals surface area contributed by atoms with Crippen molar-refractivity contribution in [1.29, 1.82) is 0 Å². The molecule has 168 valence electrons. The van der Waals surface area contributed by atoms with Gasteiger partial charge in [-0.3, -0.25) is 9.59 Å². The fourth-order valence-corrected chi connectivity index (χ4v) is 3.89. The van der Waals surface area contributed by atoms with E-state index < -0.39 is 28.5 Å². The van der Waals surface area contributed by atoms with Gasteiger partial charge in [-0.1, -0.05) is 19.3 Å². The van der Waals surface area contributed by atoms with Gasteiger partial charge in [-0.2, -0.15) is 0 Å². The molecule has 0 heterocycles. The zero-order valence-corrected chi connectivity index (χ0v) is 17.9. The summed E-state index contributed by atoms with van der Waals surface area (Å²) in [5.41, 5.74) is 0.0346. The van der Waals surface area contributed by atoms with Gasteiger partial charge in [0.2, 0.25) is 5.75 Å². The summed E-state index contributed by atoms with van der Waals surface area (Å²) in [6, 6.07) is 1.47. The lowest BCUT2D eigenvalue weighted by Crippen LogP contribution is -2.23. The number of phenols is 3. The molecule has 30 heavy (non-hydrogen) atoms. The van der Waals surface area contributed by atoms with Gasteiger partial charge >= 0.3 is 11.9 Å². The molecule has 1 saturated carbocycles. The molecule has 0 atom stereocenters. The average Bonchev–Trinajstić information content (AvgIpc) is 3.46. The van der Waals surface area contributed by atoms with Crippen LogP contribution in [0.25, 0.3) is 0 Å². The Balaban J connectivity index is 1.91. The van der Waals surface area contributed by atoms with Crippen molar-refractivity contribution >= 4 is 11.9 Å². The summed E-state index contributed by atoms with van der Waals surface area (Å²) in [5, 5.41) is 48.5. The van der Waals surface area contributed by atoms with E-state index in [1.165, 1.54) is 6.07 Å². The maximum absolute atomic E-state index is 11.2. The number of aryl methyl sites for hydroxylation is 1. The number of benzene rings is 1. The monoisotopic (exact) mass is 422 g/mol. The highest BCUT2D eigenvalue weighted by atomic mass is 16.4. The van der Waals surface area contributed by atoms with Gasteiger partial charge in [0.05, 0.1) is 10.8 Å². The van der Waals surface area contributed by atoms with Crippen molar-refractivity contribution in [3.63, 3.8) is 0 Å². The molecular formula is C23H34O7. The third-order valence-corrected chi connectivity index (χ3v) is 6.42. The van der Waals surface area contributed by atoms with Gasteiger partial charge in [-0.25, -0.2) is 0 Å². The minimum absolute atomic E-state index is 0.305. The second kappa shape index (κ2) is 9.58. The van der Waals surface area contributed by atoms with E-state index in [1.54, 1.807) is 13.8 Å². The van der Waals surface area contributed by atoms with Gasteiger partial charge in [-0.15, -0.1) is 0 Å². The van der Waals surface area contributed by atoms with E-state index >= 15 is 0 Å². The lowest BCUT2D eigenvalue weighted by molar-refractivity contribution is -0.147. The number of rotatable bonds is 13. The summed E-state index contributed by atoms with van der Waals surface area (Å²) in [6.45, 7) is 3.38. The van der Waals surface area contributed by atoms with Crippen LogP contribution in [0, 0.1) is 10.8 Å². The molecule has 1 fully saturated rings. The summed E-state index contributed by atoms with van der Waals surface area (Å²) in [7, 11) is 0. The number of hydrogen-bond acceptors (Lipinski definition) is 5. The highest BCUT2D eigenvalue weighted by molar-refractivity contribution is 5.77. The molecule has 0 bridgehead atoms. The standard InChI is InChI=1S/C23H34O7/c1-22(2,20(27)28)10-7-5-8-15-14-17(24)19(26)18(25)16(15)9-4-3-6-11-23(12-13-23)21(29)30/h14,24-26H,3-13H2,1-2H3,(H,27,28)(H,29,30). The molecule has 1 aliphatic rings. The second-order valence-corrected chi connectivity index (χ2v) is 9.27. The van der Waals surface area contributed by atoms with Crippen molar-refractivity contribution in [1.82, 2.24) is 0 Å². The van der Waals surface area contributed by atoms with Crippen LogP contribution in [0.3, 0.4) is 0 Å². The Morgan fingerprint density at radius 2 is 1.57 bits per heavy atom. The van der Waals surface area contributed by atoms with Gasteiger partial charge in [0.25, 0.3) is 0 Å². The van der Waals surface area contributed by atoms with Crippen LogP contribution in [-0.4, -0.2) is 37.5 Å². The number of carboxylic acid groups (broad SMARTS) is 2. The van der Waals surface area contributed by atoms with Crippen LogP contribution in [-0.2, 0) is 22.4 Å². The topological polar surface area (TPSA) is 135 Å². The Kier molecular flexibility index (Phi) is 7.61. The van der Waals surface area contributed by atoms with Crippen molar-refractivity contribution in [2.24, 2.45) is 10.8 Å². The number of unbranched alkanes of at least 4 members (excludes halogenated alkanes) is 3. The largest absolute Gasteiger partial charge is 0.504 e. The molecule has 0 radical (unpaired) electrons. The van der Waals surface area contributed by atoms with Crippen LogP contribution in [0.1, 0.15) is 82.8 Å². The maximum atomic E-state index is 11.2. The first-order valence-electron chi connectivity index (χ1n) is 10.7. The molecule has 5 N–H and O–H groups in total. The number of aromatic hydroxyl groups is 3. The van der Waals surface area contributed by atoms with E-state index in [0.717, 1.165) is 37.7 Å². The lowest BCUT2D eigenvalue weighted by atomic mass is 9.86. The molecule has 0 amide bonds. The Morgan fingerprint density at radius 1 is 0.933 bits per heavy atom. The van der Waals surface area contributed by atoms with Crippen LogP contribution in [0.4, 0.5) is 0 Å². The molecule has 1 aliphatic carbocycles. The van der Waals surface area contributed by atoms with Gasteiger partial charge in [0, 0.05) is 5.56 Å². The average molecular weight is 423 g/mol. The molecule has 1 aromatic rings. The summed E-state index contributed by atoms with van der Waals surface area (Å²) < 4.78 is 0. The fraction of sp³-hybridized carbons (Fsp3) is 0.652. The molecule has 0 aliphatic heterocycles. The van der Waals surface area contributed by atoms with Crippen LogP contribution in [0.15, 0.2) is 6.07 Å². The third-order valence-electron chi connectivity index (χ3n) is 6.42. The van der Waals surface area contributed by atoms with E-state index in [9.17, 15) is 35.1 Å². The van der Waals surface area contributed by atoms with E-state index in [1.807, 2.05) is 0 Å². The molecule has 1 aromatic carbocycles. The quantitative estimate of drug-likeness (QED) is 0.232. The highest BCUT2D eigenvalue weighted by Gasteiger charge is 2.49. The fourth-order valence-electron chi connectivity index (χ4n) is 3.89. The Labute approximate surface area is 177 Å². The minimum atomic E-state index is -0.834. The van der Waals surface area contributed by atoms with Gasteiger partial charge in [0.15, 0.2) is 11.5 Å². The van der Waals surface area contributed by atoms with Gasteiger partial charge < -0.3 is 25.5 Å². The Hall–Kier alpha value is -2.44. The molecular weight excluding hydrogens is 388 g/mol. The lowest BCUT2D eigenvalue weighted by Gasteiger charge is -2.19. The predicted molar refractivity (Wildman–Crippen MR) is 112 cm³/mol. The second-order valence-electron chi connectivity index (χ2n) is 9.27. The summed E-state index contributed by atoms with van der Waals surface area (Å²) in [4.78, 5) is 22.4. The van der Waals surface area contributed by atoms with Crippen LogP contribution < -0.4 is 0 Å². The van der Waals surface area contributed by atoms with E-state index in [0.29, 0.717) is 44.1 Å². The summed E-state index contributed by atoms with van der Waals surface area (Å²) >= 11 is 0. The van der Waals surface area contributed by atoms with Gasteiger partial charge in [-0.05, 0) is 76.8 Å². The molecule has 0 aromatic heterocycles. The van der Waals surface area contributed by atoms with E-state index in [-0.39, 0.29) is 11.5 Å².